The lowest BCUT2D eigenvalue weighted by Gasteiger charge is -2.36. The Labute approximate surface area is 134 Å². The van der Waals surface area contributed by atoms with E-state index in [9.17, 15) is 4.79 Å². The third-order valence-corrected chi connectivity index (χ3v) is 4.80. The lowest BCUT2D eigenvalue weighted by molar-refractivity contribution is -0.127. The molecule has 1 aliphatic heterocycles. The van der Waals surface area contributed by atoms with Gasteiger partial charge in [0.2, 0.25) is 5.91 Å². The summed E-state index contributed by atoms with van der Waals surface area (Å²) in [7, 11) is 1.62. The number of hydrogen-bond acceptors (Lipinski definition) is 3. The van der Waals surface area contributed by atoms with E-state index in [1.807, 2.05) is 18.2 Å². The van der Waals surface area contributed by atoms with E-state index in [0.29, 0.717) is 0 Å². The molecule has 2 rings (SSSR count). The molecule has 116 valence electrons. The summed E-state index contributed by atoms with van der Waals surface area (Å²) in [6, 6.07) is 5.60. The highest BCUT2D eigenvalue weighted by Crippen LogP contribution is 2.35. The number of methoxy groups -OCH3 is 1. The molecule has 2 N–H and O–H groups in total. The largest absolute Gasteiger partial charge is 0.497 e. The number of anilines is 1. The molecule has 5 heteroatoms. The molecule has 1 atom stereocenters. The first kappa shape index (κ1) is 16.3. The van der Waals surface area contributed by atoms with Crippen LogP contribution in [0.2, 0.25) is 0 Å². The molecule has 0 spiro atoms. The zero-order valence-corrected chi connectivity index (χ0v) is 14.3. The standard InChI is InChI=1S/C16H23BrN2O2/c1-3-7-16(8-4-9-18-11-16)15(20)19-14-10-12(21-2)5-6-13(14)17/h5-6,10,18H,3-4,7-9,11H2,1-2H3,(H,19,20). The highest BCUT2D eigenvalue weighted by Gasteiger charge is 2.38. The van der Waals surface area contributed by atoms with E-state index in [2.05, 4.69) is 33.5 Å². The SMILES string of the molecule is CCCC1(C(=O)Nc2cc(OC)ccc2Br)CCCNC1. The van der Waals surface area contributed by atoms with Crippen molar-refractivity contribution in [1.29, 1.82) is 0 Å². The smallest absolute Gasteiger partial charge is 0.231 e. The molecular formula is C16H23BrN2O2. The first-order chi connectivity index (χ1) is 10.1. The number of hydrogen-bond donors (Lipinski definition) is 2. The Hall–Kier alpha value is -1.07. The Morgan fingerprint density at radius 1 is 1.52 bits per heavy atom. The zero-order valence-electron chi connectivity index (χ0n) is 12.7. The van der Waals surface area contributed by atoms with Gasteiger partial charge in [-0.2, -0.15) is 0 Å². The van der Waals surface area contributed by atoms with E-state index in [4.69, 9.17) is 4.74 Å². The summed E-state index contributed by atoms with van der Waals surface area (Å²) in [6.07, 6.45) is 3.91. The van der Waals surface area contributed by atoms with Crippen LogP contribution >= 0.6 is 15.9 Å². The van der Waals surface area contributed by atoms with Crippen LogP contribution in [0, 0.1) is 5.41 Å². The van der Waals surface area contributed by atoms with E-state index in [-0.39, 0.29) is 11.3 Å². The Morgan fingerprint density at radius 2 is 2.33 bits per heavy atom. The van der Waals surface area contributed by atoms with Crippen LogP contribution in [0.5, 0.6) is 5.75 Å². The molecule has 0 aliphatic carbocycles. The van der Waals surface area contributed by atoms with Gasteiger partial charge in [-0.25, -0.2) is 0 Å². The predicted octanol–water partition coefficient (Wildman–Crippen LogP) is 3.57. The van der Waals surface area contributed by atoms with Crippen LogP contribution in [0.1, 0.15) is 32.6 Å². The number of piperidine rings is 1. The van der Waals surface area contributed by atoms with E-state index < -0.39 is 0 Å². The minimum absolute atomic E-state index is 0.102. The topological polar surface area (TPSA) is 50.4 Å². The van der Waals surface area contributed by atoms with Crippen molar-refractivity contribution in [2.45, 2.75) is 32.6 Å². The molecular weight excluding hydrogens is 332 g/mol. The van der Waals surface area contributed by atoms with Crippen molar-refractivity contribution in [3.05, 3.63) is 22.7 Å². The van der Waals surface area contributed by atoms with E-state index in [1.165, 1.54) is 0 Å². The summed E-state index contributed by atoms with van der Waals surface area (Å²) >= 11 is 3.48. The zero-order chi connectivity index (χ0) is 15.3. The lowest BCUT2D eigenvalue weighted by atomic mass is 9.76. The summed E-state index contributed by atoms with van der Waals surface area (Å²) < 4.78 is 6.09. The van der Waals surface area contributed by atoms with Gasteiger partial charge in [-0.1, -0.05) is 13.3 Å². The third-order valence-electron chi connectivity index (χ3n) is 4.10. The second-order valence-electron chi connectivity index (χ2n) is 5.61. The lowest BCUT2D eigenvalue weighted by Crippen LogP contribution is -2.48. The van der Waals surface area contributed by atoms with Crippen molar-refractivity contribution in [3.63, 3.8) is 0 Å². The Balaban J connectivity index is 2.18. The highest BCUT2D eigenvalue weighted by atomic mass is 79.9. The summed E-state index contributed by atoms with van der Waals surface area (Å²) in [4.78, 5) is 12.8. The molecule has 21 heavy (non-hydrogen) atoms. The maximum atomic E-state index is 12.8. The van der Waals surface area contributed by atoms with Gasteiger partial charge in [0.25, 0.3) is 0 Å². The molecule has 0 bridgehead atoms. The molecule has 0 radical (unpaired) electrons. The monoisotopic (exact) mass is 354 g/mol. The first-order valence-electron chi connectivity index (χ1n) is 7.47. The summed E-state index contributed by atoms with van der Waals surface area (Å²) in [5, 5.41) is 6.44. The Bertz CT molecular complexity index is 494. The van der Waals surface area contributed by atoms with Crippen molar-refractivity contribution in [3.8, 4) is 5.75 Å². The van der Waals surface area contributed by atoms with E-state index in [1.54, 1.807) is 7.11 Å². The van der Waals surface area contributed by atoms with Crippen LogP contribution in [0.3, 0.4) is 0 Å². The van der Waals surface area contributed by atoms with Gasteiger partial charge in [-0.15, -0.1) is 0 Å². The molecule has 1 saturated heterocycles. The van der Waals surface area contributed by atoms with Crippen LogP contribution in [0.4, 0.5) is 5.69 Å². The molecule has 1 heterocycles. The van der Waals surface area contributed by atoms with Gasteiger partial charge in [0.1, 0.15) is 5.75 Å². The van der Waals surface area contributed by atoms with Gasteiger partial charge < -0.3 is 15.4 Å². The van der Waals surface area contributed by atoms with Gasteiger partial charge in [0.15, 0.2) is 0 Å². The number of rotatable bonds is 5. The number of halogens is 1. The Morgan fingerprint density at radius 3 is 2.95 bits per heavy atom. The van der Waals surface area contributed by atoms with Crippen molar-refractivity contribution < 1.29 is 9.53 Å². The minimum Gasteiger partial charge on any atom is -0.497 e. The van der Waals surface area contributed by atoms with Crippen LogP contribution in [0.25, 0.3) is 0 Å². The molecule has 1 aliphatic rings. The summed E-state index contributed by atoms with van der Waals surface area (Å²) in [5.41, 5.74) is 0.468. The second kappa shape index (κ2) is 7.27. The minimum atomic E-state index is -0.296. The number of benzene rings is 1. The molecule has 1 aromatic carbocycles. The molecule has 1 aromatic rings. The van der Waals surface area contributed by atoms with Crippen molar-refractivity contribution >= 4 is 27.5 Å². The van der Waals surface area contributed by atoms with Crippen LogP contribution in [-0.2, 0) is 4.79 Å². The maximum Gasteiger partial charge on any atom is 0.231 e. The molecule has 0 aromatic heterocycles. The second-order valence-corrected chi connectivity index (χ2v) is 6.46. The Kier molecular flexibility index (Phi) is 5.65. The van der Waals surface area contributed by atoms with Gasteiger partial charge in [-0.3, -0.25) is 4.79 Å². The number of carbonyl (C=O) groups is 1. The molecule has 0 saturated carbocycles. The summed E-state index contributed by atoms with van der Waals surface area (Å²) in [5.74, 6) is 0.838. The molecule has 4 nitrogen and oxygen atoms in total. The van der Waals surface area contributed by atoms with E-state index >= 15 is 0 Å². The number of carbonyl (C=O) groups excluding carboxylic acids is 1. The van der Waals surface area contributed by atoms with E-state index in [0.717, 1.165) is 54.7 Å². The fraction of sp³-hybridized carbons (Fsp3) is 0.562. The van der Waals surface area contributed by atoms with Gasteiger partial charge in [0, 0.05) is 17.1 Å². The van der Waals surface area contributed by atoms with Crippen molar-refractivity contribution in [2.24, 2.45) is 5.41 Å². The number of nitrogens with one attached hydrogen (secondary N) is 2. The number of ether oxygens (including phenoxy) is 1. The average molecular weight is 355 g/mol. The van der Waals surface area contributed by atoms with Crippen molar-refractivity contribution in [2.75, 3.05) is 25.5 Å². The van der Waals surface area contributed by atoms with Crippen LogP contribution in [0.15, 0.2) is 22.7 Å². The maximum absolute atomic E-state index is 12.8. The fourth-order valence-corrected chi connectivity index (χ4v) is 3.29. The third kappa shape index (κ3) is 3.77. The fourth-order valence-electron chi connectivity index (χ4n) is 2.95. The predicted molar refractivity (Wildman–Crippen MR) is 88.8 cm³/mol. The molecule has 1 unspecified atom stereocenters. The number of amides is 1. The van der Waals surface area contributed by atoms with Crippen molar-refractivity contribution in [1.82, 2.24) is 5.32 Å². The van der Waals surface area contributed by atoms with Gasteiger partial charge in [-0.05, 0) is 53.9 Å². The first-order valence-corrected chi connectivity index (χ1v) is 8.26. The van der Waals surface area contributed by atoms with Gasteiger partial charge in [0.05, 0.1) is 18.2 Å². The quantitative estimate of drug-likeness (QED) is 0.849. The highest BCUT2D eigenvalue weighted by molar-refractivity contribution is 9.10. The van der Waals surface area contributed by atoms with Crippen LogP contribution < -0.4 is 15.4 Å². The van der Waals surface area contributed by atoms with Gasteiger partial charge >= 0.3 is 0 Å². The van der Waals surface area contributed by atoms with Crippen LogP contribution in [-0.4, -0.2) is 26.1 Å². The molecule has 1 fully saturated rings. The molecule has 1 amide bonds. The normalized spacial score (nSPS) is 21.9. The summed E-state index contributed by atoms with van der Waals surface area (Å²) in [6.45, 7) is 3.89. The average Bonchev–Trinajstić information content (AvgIpc) is 2.50.